The molecule has 1 heterocycles. The summed E-state index contributed by atoms with van der Waals surface area (Å²) >= 11 is 11.9. The van der Waals surface area contributed by atoms with Crippen LogP contribution in [0.5, 0.6) is 0 Å². The van der Waals surface area contributed by atoms with Crippen molar-refractivity contribution in [1.29, 1.82) is 0 Å². The van der Waals surface area contributed by atoms with Crippen LogP contribution in [-0.4, -0.2) is 36.5 Å². The normalized spacial score (nSPS) is 19.9. The van der Waals surface area contributed by atoms with Gasteiger partial charge in [0.25, 0.3) is 5.91 Å². The van der Waals surface area contributed by atoms with Crippen LogP contribution in [-0.2, 0) is 0 Å². The SMILES string of the molecule is CCN1CCCC(NC(=O)c2cc(Cl)c(N)c(Cl)c2)C1. The molecule has 1 unspecified atom stereocenters. The first-order valence-corrected chi connectivity index (χ1v) is 7.54. The Kier molecular flexibility index (Phi) is 5.13. The number of benzene rings is 1. The van der Waals surface area contributed by atoms with E-state index in [0.29, 0.717) is 21.3 Å². The third kappa shape index (κ3) is 3.57. The number of piperidine rings is 1. The van der Waals surface area contributed by atoms with Crippen LogP contribution in [0.1, 0.15) is 30.1 Å². The zero-order chi connectivity index (χ0) is 14.7. The molecule has 0 aromatic heterocycles. The summed E-state index contributed by atoms with van der Waals surface area (Å²) in [5, 5.41) is 3.65. The lowest BCUT2D eigenvalue weighted by Gasteiger charge is -2.32. The summed E-state index contributed by atoms with van der Waals surface area (Å²) < 4.78 is 0. The van der Waals surface area contributed by atoms with Gasteiger partial charge >= 0.3 is 0 Å². The van der Waals surface area contributed by atoms with Gasteiger partial charge in [0.2, 0.25) is 0 Å². The fraction of sp³-hybridized carbons (Fsp3) is 0.500. The molecule has 1 aromatic carbocycles. The molecule has 1 aliphatic heterocycles. The Hall–Kier alpha value is -0.970. The van der Waals surface area contributed by atoms with Gasteiger partial charge in [0.05, 0.1) is 15.7 Å². The van der Waals surface area contributed by atoms with Crippen molar-refractivity contribution in [2.75, 3.05) is 25.4 Å². The average molecular weight is 316 g/mol. The maximum Gasteiger partial charge on any atom is 0.251 e. The number of hydrogen-bond acceptors (Lipinski definition) is 3. The van der Waals surface area contributed by atoms with Crippen molar-refractivity contribution in [3.8, 4) is 0 Å². The maximum absolute atomic E-state index is 12.2. The van der Waals surface area contributed by atoms with Crippen molar-refractivity contribution in [2.45, 2.75) is 25.8 Å². The smallest absolute Gasteiger partial charge is 0.251 e. The van der Waals surface area contributed by atoms with Gasteiger partial charge in [-0.05, 0) is 38.1 Å². The fourth-order valence-electron chi connectivity index (χ4n) is 2.44. The summed E-state index contributed by atoms with van der Waals surface area (Å²) in [5.41, 5.74) is 6.42. The molecule has 1 fully saturated rings. The van der Waals surface area contributed by atoms with Crippen LogP contribution in [0.3, 0.4) is 0 Å². The Morgan fingerprint density at radius 2 is 2.10 bits per heavy atom. The Bertz CT molecular complexity index is 484. The first kappa shape index (κ1) is 15.4. The molecule has 0 saturated carbocycles. The second kappa shape index (κ2) is 6.66. The number of likely N-dealkylation sites (tertiary alicyclic amines) is 1. The van der Waals surface area contributed by atoms with Crippen molar-refractivity contribution < 1.29 is 4.79 Å². The number of carbonyl (C=O) groups is 1. The molecule has 1 aromatic rings. The van der Waals surface area contributed by atoms with E-state index >= 15 is 0 Å². The van der Waals surface area contributed by atoms with Gasteiger partial charge in [0.1, 0.15) is 0 Å². The molecule has 3 N–H and O–H groups in total. The highest BCUT2D eigenvalue weighted by atomic mass is 35.5. The van der Waals surface area contributed by atoms with E-state index in [1.165, 1.54) is 0 Å². The number of rotatable bonds is 3. The number of nitrogen functional groups attached to an aromatic ring is 1. The number of nitrogens with two attached hydrogens (primary N) is 1. The summed E-state index contributed by atoms with van der Waals surface area (Å²) in [5.74, 6) is -0.156. The number of nitrogens with one attached hydrogen (secondary N) is 1. The molecule has 0 aliphatic carbocycles. The minimum atomic E-state index is -0.156. The number of likely N-dealkylation sites (N-methyl/N-ethyl adjacent to an activating group) is 1. The third-order valence-corrected chi connectivity index (χ3v) is 4.25. The molecule has 4 nitrogen and oxygen atoms in total. The molecular formula is C14H19Cl2N3O. The first-order valence-electron chi connectivity index (χ1n) is 6.79. The topological polar surface area (TPSA) is 58.4 Å². The molecule has 0 bridgehead atoms. The highest BCUT2D eigenvalue weighted by Gasteiger charge is 2.21. The van der Waals surface area contributed by atoms with E-state index in [0.717, 1.165) is 32.5 Å². The fourth-order valence-corrected chi connectivity index (χ4v) is 2.93. The van der Waals surface area contributed by atoms with Gasteiger partial charge in [0, 0.05) is 18.2 Å². The van der Waals surface area contributed by atoms with Crippen LogP contribution >= 0.6 is 23.2 Å². The van der Waals surface area contributed by atoms with Gasteiger partial charge < -0.3 is 16.0 Å². The number of nitrogens with zero attached hydrogens (tertiary/aromatic N) is 1. The Balaban J connectivity index is 2.05. The first-order chi connectivity index (χ1) is 9.51. The lowest BCUT2D eigenvalue weighted by atomic mass is 10.0. The molecular weight excluding hydrogens is 297 g/mol. The number of halogens is 2. The number of amides is 1. The van der Waals surface area contributed by atoms with Crippen molar-refractivity contribution in [3.63, 3.8) is 0 Å². The minimum Gasteiger partial charge on any atom is -0.396 e. The van der Waals surface area contributed by atoms with Crippen molar-refractivity contribution in [1.82, 2.24) is 10.2 Å². The number of anilines is 1. The van der Waals surface area contributed by atoms with Crippen molar-refractivity contribution >= 4 is 34.8 Å². The predicted octanol–water partition coefficient (Wildman–Crippen LogP) is 2.79. The summed E-state index contributed by atoms with van der Waals surface area (Å²) in [7, 11) is 0. The molecule has 6 heteroatoms. The molecule has 1 atom stereocenters. The van der Waals surface area contributed by atoms with Crippen LogP contribution in [0.4, 0.5) is 5.69 Å². The maximum atomic E-state index is 12.2. The highest BCUT2D eigenvalue weighted by molar-refractivity contribution is 6.39. The van der Waals surface area contributed by atoms with Gasteiger partial charge in [0.15, 0.2) is 0 Å². The number of hydrogen-bond donors (Lipinski definition) is 2. The van der Waals surface area contributed by atoms with Crippen LogP contribution in [0, 0.1) is 0 Å². The zero-order valence-corrected chi connectivity index (χ0v) is 13.0. The molecule has 20 heavy (non-hydrogen) atoms. The molecule has 0 radical (unpaired) electrons. The monoisotopic (exact) mass is 315 g/mol. The molecule has 110 valence electrons. The second-order valence-electron chi connectivity index (χ2n) is 5.06. The molecule has 2 rings (SSSR count). The lowest BCUT2D eigenvalue weighted by molar-refractivity contribution is 0.0906. The van der Waals surface area contributed by atoms with E-state index in [-0.39, 0.29) is 11.9 Å². The summed E-state index contributed by atoms with van der Waals surface area (Å²) in [6.45, 7) is 5.12. The lowest BCUT2D eigenvalue weighted by Crippen LogP contribution is -2.47. The highest BCUT2D eigenvalue weighted by Crippen LogP contribution is 2.28. The average Bonchev–Trinajstić information content (AvgIpc) is 2.44. The molecule has 1 aliphatic rings. The van der Waals surface area contributed by atoms with E-state index in [1.807, 2.05) is 0 Å². The van der Waals surface area contributed by atoms with Gasteiger partial charge in [-0.2, -0.15) is 0 Å². The van der Waals surface area contributed by atoms with Gasteiger partial charge in [-0.15, -0.1) is 0 Å². The molecule has 1 saturated heterocycles. The Morgan fingerprint density at radius 3 is 2.70 bits per heavy atom. The quantitative estimate of drug-likeness (QED) is 0.843. The zero-order valence-electron chi connectivity index (χ0n) is 11.5. The summed E-state index contributed by atoms with van der Waals surface area (Å²) in [6.07, 6.45) is 2.10. The van der Waals surface area contributed by atoms with Crippen LogP contribution in [0.25, 0.3) is 0 Å². The summed E-state index contributed by atoms with van der Waals surface area (Å²) in [4.78, 5) is 14.6. The van der Waals surface area contributed by atoms with Crippen molar-refractivity contribution in [2.24, 2.45) is 0 Å². The number of carbonyl (C=O) groups excluding carboxylic acids is 1. The van der Waals surface area contributed by atoms with Crippen molar-refractivity contribution in [3.05, 3.63) is 27.7 Å². The van der Waals surface area contributed by atoms with E-state index in [4.69, 9.17) is 28.9 Å². The van der Waals surface area contributed by atoms with Crippen LogP contribution < -0.4 is 11.1 Å². The largest absolute Gasteiger partial charge is 0.396 e. The third-order valence-electron chi connectivity index (χ3n) is 3.63. The second-order valence-corrected chi connectivity index (χ2v) is 5.87. The van der Waals surface area contributed by atoms with E-state index in [2.05, 4.69) is 17.1 Å². The van der Waals surface area contributed by atoms with E-state index in [9.17, 15) is 4.79 Å². The van der Waals surface area contributed by atoms with Crippen LogP contribution in [0.2, 0.25) is 10.0 Å². The van der Waals surface area contributed by atoms with Gasteiger partial charge in [-0.1, -0.05) is 30.1 Å². The Morgan fingerprint density at radius 1 is 1.45 bits per heavy atom. The molecule has 0 spiro atoms. The van der Waals surface area contributed by atoms with E-state index in [1.54, 1.807) is 12.1 Å². The minimum absolute atomic E-state index is 0.156. The molecule has 1 amide bonds. The predicted molar refractivity (Wildman–Crippen MR) is 83.5 cm³/mol. The standard InChI is InChI=1S/C14H19Cl2N3O/c1-2-19-5-3-4-10(8-19)18-14(20)9-6-11(15)13(17)12(16)7-9/h6-7,10H,2-5,8,17H2,1H3,(H,18,20). The van der Waals surface area contributed by atoms with Crippen LogP contribution in [0.15, 0.2) is 12.1 Å². The van der Waals surface area contributed by atoms with Gasteiger partial charge in [-0.3, -0.25) is 4.79 Å². The van der Waals surface area contributed by atoms with E-state index < -0.39 is 0 Å². The van der Waals surface area contributed by atoms with Gasteiger partial charge in [-0.25, -0.2) is 0 Å². The summed E-state index contributed by atoms with van der Waals surface area (Å²) in [6, 6.07) is 3.28. The Labute approximate surface area is 129 Å².